The van der Waals surface area contributed by atoms with E-state index >= 15 is 0 Å². The fraction of sp³-hybridized carbons (Fsp3) is 0.167. The van der Waals surface area contributed by atoms with Gasteiger partial charge in [-0.15, -0.1) is 11.3 Å². The first-order chi connectivity index (χ1) is 10.4. The Kier molecular flexibility index (Phi) is 5.12. The Labute approximate surface area is 130 Å². The fourth-order valence-electron chi connectivity index (χ4n) is 2.38. The van der Waals surface area contributed by atoms with Crippen molar-refractivity contribution < 1.29 is 0 Å². The second kappa shape index (κ2) is 7.04. The van der Waals surface area contributed by atoms with Crippen molar-refractivity contribution in [2.45, 2.75) is 20.8 Å². The van der Waals surface area contributed by atoms with Crippen molar-refractivity contribution in [1.82, 2.24) is 9.55 Å². The van der Waals surface area contributed by atoms with Crippen LogP contribution in [0.2, 0.25) is 0 Å². The molecule has 0 spiro atoms. The van der Waals surface area contributed by atoms with Crippen molar-refractivity contribution in [3.8, 4) is 5.00 Å². The van der Waals surface area contributed by atoms with E-state index < -0.39 is 0 Å². The molecule has 3 rings (SSSR count). The van der Waals surface area contributed by atoms with Gasteiger partial charge in [0, 0.05) is 10.9 Å². The van der Waals surface area contributed by atoms with Crippen molar-refractivity contribution in [3.63, 3.8) is 0 Å². The van der Waals surface area contributed by atoms with Gasteiger partial charge in [-0.1, -0.05) is 50.8 Å². The van der Waals surface area contributed by atoms with Gasteiger partial charge in [-0.3, -0.25) is 9.55 Å². The molecule has 0 unspecified atom stereocenters. The molecule has 0 bridgehead atoms. The van der Waals surface area contributed by atoms with E-state index in [2.05, 4.69) is 52.5 Å². The molecule has 0 aliphatic carbocycles. The van der Waals surface area contributed by atoms with Crippen molar-refractivity contribution >= 4 is 34.4 Å². The molecule has 0 aliphatic heterocycles. The maximum absolute atomic E-state index is 4.19. The van der Waals surface area contributed by atoms with E-state index in [1.807, 2.05) is 38.6 Å². The number of benzene rings is 1. The van der Waals surface area contributed by atoms with E-state index in [0.29, 0.717) is 0 Å². The molecule has 2 heterocycles. The van der Waals surface area contributed by atoms with Gasteiger partial charge in [0.1, 0.15) is 5.00 Å². The Morgan fingerprint density at radius 2 is 2.00 bits per heavy atom. The molecule has 1 aromatic carbocycles. The quantitative estimate of drug-likeness (QED) is 0.598. The number of rotatable bonds is 3. The van der Waals surface area contributed by atoms with Gasteiger partial charge in [-0.25, -0.2) is 0 Å². The third-order valence-electron chi connectivity index (χ3n) is 3.12. The Morgan fingerprint density at radius 1 is 1.24 bits per heavy atom. The molecule has 108 valence electrons. The van der Waals surface area contributed by atoms with Crippen LogP contribution in [0.1, 0.15) is 32.0 Å². The summed E-state index contributed by atoms with van der Waals surface area (Å²) >= 11 is 1.64. The third kappa shape index (κ3) is 2.69. The van der Waals surface area contributed by atoms with Crippen LogP contribution in [0.15, 0.2) is 48.6 Å². The van der Waals surface area contributed by atoms with Gasteiger partial charge in [0.2, 0.25) is 0 Å². The standard InChI is InChI=1S/C16H14N2S.C2H6/c1-3-7-14-12(4-2)13-8-5-6-9-15(13)18(14)16-10-17-11-19-16;1-2/h3-11H,2H2,1H3;1-2H3/b7-3-;. The molecule has 3 aromatic rings. The fourth-order valence-corrected chi connectivity index (χ4v) is 3.03. The van der Waals surface area contributed by atoms with E-state index in [4.69, 9.17) is 0 Å². The second-order valence-electron chi connectivity index (χ2n) is 4.20. The third-order valence-corrected chi connectivity index (χ3v) is 3.88. The lowest BCUT2D eigenvalue weighted by molar-refractivity contribution is 1.13. The SMILES string of the molecule is C=Cc1c(/C=C\C)n(-c2cncs2)c2ccccc12.CC. The van der Waals surface area contributed by atoms with Gasteiger partial charge < -0.3 is 0 Å². The predicted molar refractivity (Wildman–Crippen MR) is 95.1 cm³/mol. The van der Waals surface area contributed by atoms with Crippen LogP contribution in [0.25, 0.3) is 28.1 Å². The number of allylic oxidation sites excluding steroid dienone is 1. The number of hydrogen-bond donors (Lipinski definition) is 0. The Morgan fingerprint density at radius 3 is 2.62 bits per heavy atom. The zero-order valence-corrected chi connectivity index (χ0v) is 13.5. The normalized spacial score (nSPS) is 10.6. The van der Waals surface area contributed by atoms with Gasteiger partial charge in [0.05, 0.1) is 22.9 Å². The Bertz CT molecular complexity index is 749. The molecular weight excluding hydrogens is 276 g/mol. The second-order valence-corrected chi connectivity index (χ2v) is 5.06. The van der Waals surface area contributed by atoms with E-state index in [9.17, 15) is 0 Å². The lowest BCUT2D eigenvalue weighted by atomic mass is 10.1. The summed E-state index contributed by atoms with van der Waals surface area (Å²) in [6.07, 6.45) is 8.00. The summed E-state index contributed by atoms with van der Waals surface area (Å²) in [5, 5.41) is 2.34. The van der Waals surface area contributed by atoms with Crippen molar-refractivity contribution in [2.24, 2.45) is 0 Å². The summed E-state index contributed by atoms with van der Waals surface area (Å²) in [7, 11) is 0. The first-order valence-corrected chi connectivity index (χ1v) is 8.02. The van der Waals surface area contributed by atoms with Gasteiger partial charge >= 0.3 is 0 Å². The highest BCUT2D eigenvalue weighted by molar-refractivity contribution is 7.12. The molecule has 0 saturated carbocycles. The lowest BCUT2D eigenvalue weighted by Gasteiger charge is -2.04. The summed E-state index contributed by atoms with van der Waals surface area (Å²) in [5.41, 5.74) is 5.37. The maximum atomic E-state index is 4.19. The lowest BCUT2D eigenvalue weighted by Crippen LogP contribution is -1.93. The van der Waals surface area contributed by atoms with Crippen LogP contribution < -0.4 is 0 Å². The van der Waals surface area contributed by atoms with E-state index in [0.717, 1.165) is 10.7 Å². The zero-order chi connectivity index (χ0) is 15.2. The minimum Gasteiger partial charge on any atom is -0.299 e. The minimum atomic E-state index is 1.12. The van der Waals surface area contributed by atoms with E-state index in [-0.39, 0.29) is 0 Å². The van der Waals surface area contributed by atoms with Gasteiger partial charge in [0.25, 0.3) is 0 Å². The molecule has 0 aliphatic rings. The summed E-state index contributed by atoms with van der Waals surface area (Å²) in [5.74, 6) is 0. The van der Waals surface area contributed by atoms with Crippen LogP contribution >= 0.6 is 11.3 Å². The number of fused-ring (bicyclic) bond motifs is 1. The molecule has 3 heteroatoms. The van der Waals surface area contributed by atoms with Crippen molar-refractivity contribution in [2.75, 3.05) is 0 Å². The number of aromatic nitrogens is 2. The predicted octanol–water partition coefficient (Wildman–Crippen LogP) is 5.79. The molecule has 2 aromatic heterocycles. The molecule has 21 heavy (non-hydrogen) atoms. The Balaban J connectivity index is 0.000000774. The molecule has 0 saturated heterocycles. The topological polar surface area (TPSA) is 17.8 Å². The number of thiazole rings is 1. The molecule has 0 N–H and O–H groups in total. The highest BCUT2D eigenvalue weighted by Crippen LogP contribution is 2.32. The molecule has 0 radical (unpaired) electrons. The molecule has 2 nitrogen and oxygen atoms in total. The highest BCUT2D eigenvalue weighted by atomic mass is 32.1. The first-order valence-electron chi connectivity index (χ1n) is 7.14. The van der Waals surface area contributed by atoms with Crippen LogP contribution in [-0.4, -0.2) is 9.55 Å². The van der Waals surface area contributed by atoms with Crippen LogP contribution in [-0.2, 0) is 0 Å². The van der Waals surface area contributed by atoms with E-state index in [1.54, 1.807) is 11.3 Å². The molecule has 0 fully saturated rings. The van der Waals surface area contributed by atoms with E-state index in [1.165, 1.54) is 16.5 Å². The average Bonchev–Trinajstić information content (AvgIpc) is 3.14. The largest absolute Gasteiger partial charge is 0.299 e. The highest BCUT2D eigenvalue weighted by Gasteiger charge is 2.14. The molecular formula is C18H20N2S. The Hall–Kier alpha value is -2.13. The van der Waals surface area contributed by atoms with Crippen molar-refractivity contribution in [3.05, 3.63) is 59.9 Å². The number of nitrogens with zero attached hydrogens (tertiary/aromatic N) is 2. The van der Waals surface area contributed by atoms with Crippen LogP contribution in [0.5, 0.6) is 0 Å². The minimum absolute atomic E-state index is 1.12. The zero-order valence-electron chi connectivity index (χ0n) is 12.7. The summed E-state index contributed by atoms with van der Waals surface area (Å²) in [4.78, 5) is 4.19. The number of para-hydroxylation sites is 1. The summed E-state index contributed by atoms with van der Waals surface area (Å²) in [6, 6.07) is 8.39. The monoisotopic (exact) mass is 296 g/mol. The maximum Gasteiger partial charge on any atom is 0.120 e. The van der Waals surface area contributed by atoms with Gasteiger partial charge in [-0.05, 0) is 19.1 Å². The van der Waals surface area contributed by atoms with Crippen LogP contribution in [0.3, 0.4) is 0 Å². The number of hydrogen-bond acceptors (Lipinski definition) is 2. The van der Waals surface area contributed by atoms with Crippen LogP contribution in [0, 0.1) is 0 Å². The molecule has 0 amide bonds. The summed E-state index contributed by atoms with van der Waals surface area (Å²) < 4.78 is 2.24. The van der Waals surface area contributed by atoms with Crippen LogP contribution in [0.4, 0.5) is 0 Å². The van der Waals surface area contributed by atoms with Crippen molar-refractivity contribution in [1.29, 1.82) is 0 Å². The first kappa shape index (κ1) is 15.3. The molecule has 0 atom stereocenters. The average molecular weight is 296 g/mol. The van der Waals surface area contributed by atoms with Gasteiger partial charge in [-0.2, -0.15) is 0 Å². The smallest absolute Gasteiger partial charge is 0.120 e. The summed E-state index contributed by atoms with van der Waals surface area (Å²) in [6.45, 7) is 9.99. The van der Waals surface area contributed by atoms with Gasteiger partial charge in [0.15, 0.2) is 0 Å².